The number of rotatable bonds is 2. The molecule has 1 saturated heterocycles. The summed E-state index contributed by atoms with van der Waals surface area (Å²) in [6.45, 7) is 1.05. The number of ether oxygens (including phenoxy) is 2. The van der Waals surface area contributed by atoms with Gasteiger partial charge in [0.25, 0.3) is 0 Å². The summed E-state index contributed by atoms with van der Waals surface area (Å²) in [4.78, 5) is 0. The van der Waals surface area contributed by atoms with Crippen molar-refractivity contribution < 1.29 is 26.5 Å². The molecule has 64 valence electrons. The molecule has 4 heteroatoms. The van der Waals surface area contributed by atoms with Crippen LogP contribution in [0.4, 0.5) is 0 Å². The molecule has 0 saturated carbocycles. The standard InChI is InChI=1S/C8H11O2.BrH.Mg/c1-2-6-9-8-5-3-4-7-10-8;;/h8H,3-7H2;1H;/q-1;;+2/p-1. The summed E-state index contributed by atoms with van der Waals surface area (Å²) in [5, 5.41) is 0. The van der Waals surface area contributed by atoms with Crippen LogP contribution < -0.4 is 17.0 Å². The molecule has 0 N–H and O–H groups in total. The maximum Gasteiger partial charge on any atom is 2.00 e. The maximum absolute atomic E-state index is 6.59. The van der Waals surface area contributed by atoms with Gasteiger partial charge in [0.15, 0.2) is 6.29 Å². The van der Waals surface area contributed by atoms with Crippen LogP contribution in [0, 0.1) is 12.3 Å². The molecule has 1 aliphatic rings. The second-order valence-electron chi connectivity index (χ2n) is 2.28. The molecule has 1 heterocycles. The van der Waals surface area contributed by atoms with Gasteiger partial charge in [0.05, 0.1) is 6.61 Å². The van der Waals surface area contributed by atoms with Crippen molar-refractivity contribution in [3.8, 4) is 5.92 Å². The van der Waals surface area contributed by atoms with Gasteiger partial charge in [-0.1, -0.05) is 0 Å². The van der Waals surface area contributed by atoms with Crippen molar-refractivity contribution in [2.75, 3.05) is 13.2 Å². The Kier molecular flexibility index (Phi) is 12.4. The summed E-state index contributed by atoms with van der Waals surface area (Å²) in [5.74, 6) is 2.16. The molecule has 0 amide bonds. The van der Waals surface area contributed by atoms with Crippen molar-refractivity contribution in [3.63, 3.8) is 0 Å². The monoisotopic (exact) mass is 242 g/mol. The van der Waals surface area contributed by atoms with Crippen molar-refractivity contribution in [3.05, 3.63) is 6.42 Å². The van der Waals surface area contributed by atoms with Gasteiger partial charge in [-0.3, -0.25) is 0 Å². The molecule has 0 aromatic carbocycles. The van der Waals surface area contributed by atoms with E-state index >= 15 is 0 Å². The summed E-state index contributed by atoms with van der Waals surface area (Å²) in [5.41, 5.74) is 0. The van der Waals surface area contributed by atoms with Crippen LogP contribution in [0.1, 0.15) is 19.3 Å². The topological polar surface area (TPSA) is 18.5 Å². The van der Waals surface area contributed by atoms with Gasteiger partial charge in [0.1, 0.15) is 0 Å². The normalized spacial score (nSPS) is 21.4. The number of halogens is 1. The van der Waals surface area contributed by atoms with E-state index in [2.05, 4.69) is 5.92 Å². The van der Waals surface area contributed by atoms with Crippen LogP contribution in [-0.4, -0.2) is 42.6 Å². The minimum Gasteiger partial charge on any atom is -1.00 e. The predicted molar refractivity (Wildman–Crippen MR) is 42.4 cm³/mol. The van der Waals surface area contributed by atoms with Gasteiger partial charge in [-0.15, -0.1) is 0 Å². The number of hydrogen-bond acceptors (Lipinski definition) is 2. The van der Waals surface area contributed by atoms with Crippen molar-refractivity contribution in [1.29, 1.82) is 0 Å². The van der Waals surface area contributed by atoms with Crippen LogP contribution in [0.5, 0.6) is 0 Å². The first-order valence-corrected chi connectivity index (χ1v) is 3.56. The minimum atomic E-state index is -0.0772. The second kappa shape index (κ2) is 9.81. The predicted octanol–water partition coefficient (Wildman–Crippen LogP) is -2.26. The van der Waals surface area contributed by atoms with Gasteiger partial charge in [-0.2, -0.15) is 0 Å². The molecule has 1 fully saturated rings. The third kappa shape index (κ3) is 6.27. The Morgan fingerprint density at radius 3 is 2.75 bits per heavy atom. The van der Waals surface area contributed by atoms with Gasteiger partial charge < -0.3 is 38.8 Å². The summed E-state index contributed by atoms with van der Waals surface area (Å²) < 4.78 is 10.3. The first kappa shape index (κ1) is 15.2. The Labute approximate surface area is 100 Å². The molecule has 0 aromatic heterocycles. The zero-order valence-electron chi connectivity index (χ0n) is 7.01. The molecule has 1 aliphatic heterocycles. The van der Waals surface area contributed by atoms with Crippen molar-refractivity contribution in [2.45, 2.75) is 25.6 Å². The van der Waals surface area contributed by atoms with Crippen LogP contribution >= 0.6 is 0 Å². The second-order valence-corrected chi connectivity index (χ2v) is 2.28. The van der Waals surface area contributed by atoms with Crippen LogP contribution in [0.25, 0.3) is 0 Å². The SMILES string of the molecule is [Br-].[C-]#CCOC1CCCCO1.[Mg+2]. The molecule has 0 aromatic rings. The fraction of sp³-hybridized carbons (Fsp3) is 0.750. The average molecular weight is 243 g/mol. The Morgan fingerprint density at radius 1 is 1.50 bits per heavy atom. The van der Waals surface area contributed by atoms with Crippen molar-refractivity contribution in [1.82, 2.24) is 0 Å². The van der Waals surface area contributed by atoms with E-state index in [9.17, 15) is 0 Å². The molecular weight excluding hydrogens is 232 g/mol. The van der Waals surface area contributed by atoms with E-state index in [4.69, 9.17) is 15.9 Å². The Balaban J connectivity index is 0. The molecule has 0 bridgehead atoms. The Bertz CT molecular complexity index is 130. The summed E-state index contributed by atoms with van der Waals surface area (Å²) in [7, 11) is 0. The van der Waals surface area contributed by atoms with Gasteiger partial charge in [0.2, 0.25) is 0 Å². The van der Waals surface area contributed by atoms with E-state index in [1.807, 2.05) is 0 Å². The fourth-order valence-corrected chi connectivity index (χ4v) is 0.977. The van der Waals surface area contributed by atoms with E-state index < -0.39 is 0 Å². The van der Waals surface area contributed by atoms with Gasteiger partial charge in [-0.05, 0) is 19.3 Å². The molecule has 2 nitrogen and oxygen atoms in total. The van der Waals surface area contributed by atoms with Crippen molar-refractivity contribution in [2.24, 2.45) is 0 Å². The van der Waals surface area contributed by atoms with E-state index in [1.54, 1.807) is 0 Å². The van der Waals surface area contributed by atoms with E-state index in [0.717, 1.165) is 19.4 Å². The van der Waals surface area contributed by atoms with E-state index in [-0.39, 0.29) is 52.9 Å². The van der Waals surface area contributed by atoms with Crippen LogP contribution in [0.3, 0.4) is 0 Å². The maximum atomic E-state index is 6.59. The van der Waals surface area contributed by atoms with E-state index in [1.165, 1.54) is 6.42 Å². The smallest absolute Gasteiger partial charge is 1.00 e. The van der Waals surface area contributed by atoms with Crippen LogP contribution in [0.2, 0.25) is 0 Å². The third-order valence-corrected chi connectivity index (χ3v) is 1.48. The molecule has 0 aliphatic carbocycles. The van der Waals surface area contributed by atoms with Crippen molar-refractivity contribution >= 4 is 23.1 Å². The zero-order chi connectivity index (χ0) is 7.23. The molecule has 12 heavy (non-hydrogen) atoms. The largest absolute Gasteiger partial charge is 2.00 e. The summed E-state index contributed by atoms with van der Waals surface area (Å²) in [6.07, 6.45) is 9.78. The first-order chi connectivity index (χ1) is 4.93. The average Bonchev–Trinajstić information content (AvgIpc) is 2.03. The number of hydrogen-bond donors (Lipinski definition) is 0. The quantitative estimate of drug-likeness (QED) is 0.310. The Morgan fingerprint density at radius 2 is 2.25 bits per heavy atom. The van der Waals surface area contributed by atoms with Gasteiger partial charge in [-0.25, -0.2) is 0 Å². The van der Waals surface area contributed by atoms with E-state index in [0.29, 0.717) is 0 Å². The third-order valence-electron chi connectivity index (χ3n) is 1.48. The summed E-state index contributed by atoms with van der Waals surface area (Å²) >= 11 is 0. The Hall–Kier alpha value is 0.726. The molecule has 0 radical (unpaired) electrons. The zero-order valence-corrected chi connectivity index (χ0v) is 10.0. The fourth-order valence-electron chi connectivity index (χ4n) is 0.977. The van der Waals surface area contributed by atoms with Gasteiger partial charge >= 0.3 is 23.1 Å². The minimum absolute atomic E-state index is 0. The molecular formula is C8H11BrMgO2. The molecule has 0 spiro atoms. The van der Waals surface area contributed by atoms with Gasteiger partial charge in [0, 0.05) is 6.61 Å². The molecule has 1 atom stereocenters. The summed E-state index contributed by atoms with van der Waals surface area (Å²) in [6, 6.07) is 0. The first-order valence-electron chi connectivity index (χ1n) is 3.56. The molecule has 1 rings (SSSR count). The molecule has 1 unspecified atom stereocenters. The van der Waals surface area contributed by atoms with Crippen LogP contribution in [0.15, 0.2) is 0 Å². The van der Waals surface area contributed by atoms with Crippen LogP contribution in [-0.2, 0) is 9.47 Å².